The van der Waals surface area contributed by atoms with Gasteiger partial charge in [0.25, 0.3) is 0 Å². The van der Waals surface area contributed by atoms with Crippen molar-refractivity contribution in [3.8, 4) is 0 Å². The highest BCUT2D eigenvalue weighted by Gasteiger charge is 2.12. The molecule has 1 unspecified atom stereocenters. The van der Waals surface area contributed by atoms with Crippen molar-refractivity contribution < 1.29 is 14.6 Å². The number of anilines is 1. The number of pyridine rings is 1. The van der Waals surface area contributed by atoms with Crippen LogP contribution in [0.25, 0.3) is 0 Å². The maximum absolute atomic E-state index is 10.9. The largest absolute Gasteiger partial charge is 0.478 e. The van der Waals surface area contributed by atoms with Crippen molar-refractivity contribution in [3.63, 3.8) is 0 Å². The van der Waals surface area contributed by atoms with E-state index in [4.69, 9.17) is 9.84 Å². The lowest BCUT2D eigenvalue weighted by atomic mass is 10.2. The number of rotatable bonds is 6. The highest BCUT2D eigenvalue weighted by Crippen LogP contribution is 2.15. The predicted octanol–water partition coefficient (Wildman–Crippen LogP) is 1.62. The summed E-state index contributed by atoms with van der Waals surface area (Å²) < 4.78 is 5.04. The number of hydrogen-bond donors (Lipinski definition) is 2. The van der Waals surface area contributed by atoms with Crippen LogP contribution in [0.4, 0.5) is 5.69 Å². The molecule has 0 fully saturated rings. The second-order valence-electron chi connectivity index (χ2n) is 3.43. The molecule has 88 valence electrons. The van der Waals surface area contributed by atoms with Gasteiger partial charge in [-0.25, -0.2) is 4.79 Å². The molecule has 1 aromatic heterocycles. The number of nitrogens with zero attached hydrogens (tertiary/aromatic N) is 1. The first-order valence-electron chi connectivity index (χ1n) is 5.11. The van der Waals surface area contributed by atoms with Crippen molar-refractivity contribution >= 4 is 11.7 Å². The quantitative estimate of drug-likeness (QED) is 0.768. The molecule has 2 N–H and O–H groups in total. The molecule has 16 heavy (non-hydrogen) atoms. The average Bonchev–Trinajstić information content (AvgIpc) is 2.29. The Balaban J connectivity index is 2.82. The van der Waals surface area contributed by atoms with Crippen molar-refractivity contribution in [1.29, 1.82) is 0 Å². The summed E-state index contributed by atoms with van der Waals surface area (Å²) in [5.74, 6) is -0.983. The Kier molecular flexibility index (Phi) is 4.72. The lowest BCUT2D eigenvalue weighted by molar-refractivity contribution is 0.0697. The van der Waals surface area contributed by atoms with Gasteiger partial charge in [0, 0.05) is 25.5 Å². The summed E-state index contributed by atoms with van der Waals surface area (Å²) in [6, 6.07) is 1.76. The summed E-state index contributed by atoms with van der Waals surface area (Å²) in [5, 5.41) is 12.1. The molecule has 0 aromatic carbocycles. The third kappa shape index (κ3) is 3.20. The standard InChI is InChI=1S/C11H16N2O3/c1-3-8(7-16-2)13-10-4-5-12-6-9(10)11(14)15/h4-6,8H,3,7H2,1-2H3,(H,12,13)(H,14,15). The van der Waals surface area contributed by atoms with E-state index in [2.05, 4.69) is 10.3 Å². The van der Waals surface area contributed by atoms with E-state index in [1.54, 1.807) is 19.4 Å². The van der Waals surface area contributed by atoms with E-state index >= 15 is 0 Å². The monoisotopic (exact) mass is 224 g/mol. The molecule has 1 heterocycles. The molecular weight excluding hydrogens is 208 g/mol. The van der Waals surface area contributed by atoms with Gasteiger partial charge >= 0.3 is 5.97 Å². The van der Waals surface area contributed by atoms with Crippen molar-refractivity contribution in [1.82, 2.24) is 4.98 Å². The molecule has 1 rings (SSSR count). The van der Waals surface area contributed by atoms with E-state index in [9.17, 15) is 4.79 Å². The van der Waals surface area contributed by atoms with Crippen LogP contribution < -0.4 is 5.32 Å². The van der Waals surface area contributed by atoms with Crippen molar-refractivity contribution in [3.05, 3.63) is 24.0 Å². The van der Waals surface area contributed by atoms with Gasteiger partial charge in [0.05, 0.1) is 12.3 Å². The second kappa shape index (κ2) is 6.07. The number of carboxylic acids is 1. The van der Waals surface area contributed by atoms with Crippen LogP contribution in [0, 0.1) is 0 Å². The summed E-state index contributed by atoms with van der Waals surface area (Å²) in [7, 11) is 1.62. The molecule has 0 bridgehead atoms. The highest BCUT2D eigenvalue weighted by molar-refractivity contribution is 5.93. The van der Waals surface area contributed by atoms with Gasteiger partial charge in [0.2, 0.25) is 0 Å². The van der Waals surface area contributed by atoms with Crippen LogP contribution in [-0.2, 0) is 4.74 Å². The summed E-state index contributed by atoms with van der Waals surface area (Å²) >= 11 is 0. The number of aromatic nitrogens is 1. The van der Waals surface area contributed by atoms with Crippen molar-refractivity contribution in [2.75, 3.05) is 19.0 Å². The minimum atomic E-state index is -0.983. The Morgan fingerprint density at radius 2 is 2.44 bits per heavy atom. The zero-order valence-electron chi connectivity index (χ0n) is 9.43. The van der Waals surface area contributed by atoms with Crippen LogP contribution >= 0.6 is 0 Å². The maximum atomic E-state index is 10.9. The van der Waals surface area contributed by atoms with Gasteiger partial charge < -0.3 is 15.2 Å². The molecule has 0 radical (unpaired) electrons. The molecule has 0 aliphatic heterocycles. The number of hydrogen-bond acceptors (Lipinski definition) is 4. The fourth-order valence-corrected chi connectivity index (χ4v) is 1.37. The molecule has 1 aromatic rings. The van der Waals surface area contributed by atoms with Gasteiger partial charge in [0.1, 0.15) is 5.56 Å². The lowest BCUT2D eigenvalue weighted by Gasteiger charge is -2.18. The van der Waals surface area contributed by atoms with Crippen LogP contribution in [0.2, 0.25) is 0 Å². The number of carbonyl (C=O) groups is 1. The Bertz CT molecular complexity index is 355. The van der Waals surface area contributed by atoms with E-state index < -0.39 is 5.97 Å². The SMILES string of the molecule is CCC(COC)Nc1ccncc1C(=O)O. The lowest BCUT2D eigenvalue weighted by Crippen LogP contribution is -2.25. The van der Waals surface area contributed by atoms with Crippen molar-refractivity contribution in [2.24, 2.45) is 0 Å². The van der Waals surface area contributed by atoms with Crippen LogP contribution in [-0.4, -0.2) is 35.8 Å². The minimum Gasteiger partial charge on any atom is -0.478 e. The molecule has 0 saturated heterocycles. The summed E-state index contributed by atoms with van der Waals surface area (Å²) in [6.07, 6.45) is 3.76. The van der Waals surface area contributed by atoms with Crippen LogP contribution in [0.5, 0.6) is 0 Å². The Morgan fingerprint density at radius 1 is 1.69 bits per heavy atom. The molecule has 0 spiro atoms. The number of methoxy groups -OCH3 is 1. The van der Waals surface area contributed by atoms with E-state index in [0.29, 0.717) is 12.3 Å². The van der Waals surface area contributed by atoms with Gasteiger partial charge in [-0.2, -0.15) is 0 Å². The summed E-state index contributed by atoms with van der Waals surface area (Å²) in [5.41, 5.74) is 0.753. The third-order valence-electron chi connectivity index (χ3n) is 2.27. The van der Waals surface area contributed by atoms with Crippen LogP contribution in [0.1, 0.15) is 23.7 Å². The minimum absolute atomic E-state index is 0.102. The number of aromatic carboxylic acids is 1. The summed E-state index contributed by atoms with van der Waals surface area (Å²) in [4.78, 5) is 14.7. The van der Waals surface area contributed by atoms with Crippen molar-refractivity contribution in [2.45, 2.75) is 19.4 Å². The van der Waals surface area contributed by atoms with Crippen LogP contribution in [0.3, 0.4) is 0 Å². The first-order valence-corrected chi connectivity index (χ1v) is 5.11. The van der Waals surface area contributed by atoms with Gasteiger partial charge in [-0.1, -0.05) is 6.92 Å². The maximum Gasteiger partial charge on any atom is 0.339 e. The second-order valence-corrected chi connectivity index (χ2v) is 3.43. The molecule has 1 atom stereocenters. The Morgan fingerprint density at radius 3 is 3.00 bits per heavy atom. The number of carboxylic acid groups (broad SMARTS) is 1. The molecule has 5 nitrogen and oxygen atoms in total. The topological polar surface area (TPSA) is 71.5 Å². The Labute approximate surface area is 94.5 Å². The normalized spacial score (nSPS) is 12.1. The van der Waals surface area contributed by atoms with Gasteiger partial charge in [-0.15, -0.1) is 0 Å². The van der Waals surface area contributed by atoms with Gasteiger partial charge in [-0.05, 0) is 12.5 Å². The fraction of sp³-hybridized carbons (Fsp3) is 0.455. The zero-order valence-corrected chi connectivity index (χ0v) is 9.43. The van der Waals surface area contributed by atoms with E-state index in [0.717, 1.165) is 6.42 Å². The molecule has 0 aliphatic rings. The first-order chi connectivity index (χ1) is 7.69. The third-order valence-corrected chi connectivity index (χ3v) is 2.27. The van der Waals surface area contributed by atoms with E-state index in [1.807, 2.05) is 6.92 Å². The zero-order chi connectivity index (χ0) is 12.0. The molecule has 0 saturated carbocycles. The fourth-order valence-electron chi connectivity index (χ4n) is 1.37. The summed E-state index contributed by atoms with van der Waals surface area (Å²) in [6.45, 7) is 2.55. The average molecular weight is 224 g/mol. The smallest absolute Gasteiger partial charge is 0.339 e. The molecule has 0 aliphatic carbocycles. The number of ether oxygens (including phenoxy) is 1. The molecule has 0 amide bonds. The highest BCUT2D eigenvalue weighted by atomic mass is 16.5. The molecule has 5 heteroatoms. The molecular formula is C11H16N2O3. The number of nitrogens with one attached hydrogen (secondary N) is 1. The van der Waals surface area contributed by atoms with Crippen LogP contribution in [0.15, 0.2) is 18.5 Å². The predicted molar refractivity (Wildman–Crippen MR) is 60.8 cm³/mol. The first kappa shape index (κ1) is 12.4. The van der Waals surface area contributed by atoms with Gasteiger partial charge in [0.15, 0.2) is 0 Å². The van der Waals surface area contributed by atoms with E-state index in [1.165, 1.54) is 6.20 Å². The Hall–Kier alpha value is -1.62. The van der Waals surface area contributed by atoms with Gasteiger partial charge in [-0.3, -0.25) is 4.98 Å². The van der Waals surface area contributed by atoms with E-state index in [-0.39, 0.29) is 11.6 Å².